The molecule has 0 saturated carbocycles. The van der Waals surface area contributed by atoms with Crippen molar-refractivity contribution in [3.8, 4) is 11.5 Å². The molecular weight excluding hydrogens is 234 g/mol. The van der Waals surface area contributed by atoms with Crippen LogP contribution >= 0.6 is 11.6 Å². The van der Waals surface area contributed by atoms with Gasteiger partial charge in [0, 0.05) is 5.56 Å². The molecule has 0 saturated heterocycles. The first-order chi connectivity index (χ1) is 8.24. The first-order valence-corrected chi connectivity index (χ1v) is 5.74. The highest BCUT2D eigenvalue weighted by molar-refractivity contribution is 6.34. The van der Waals surface area contributed by atoms with E-state index in [-0.39, 0.29) is 0 Å². The lowest BCUT2D eigenvalue weighted by Gasteiger charge is -1.95. The van der Waals surface area contributed by atoms with E-state index in [9.17, 15) is 0 Å². The van der Waals surface area contributed by atoms with Crippen molar-refractivity contribution in [1.82, 2.24) is 4.98 Å². The molecule has 0 spiro atoms. The van der Waals surface area contributed by atoms with Crippen LogP contribution in [-0.2, 0) is 0 Å². The van der Waals surface area contributed by atoms with Gasteiger partial charge >= 0.3 is 0 Å². The minimum absolute atomic E-state index is 0.591. The molecule has 0 fully saturated rings. The van der Waals surface area contributed by atoms with Gasteiger partial charge in [-0.15, -0.1) is 0 Å². The SMILES string of the molecule is Cc1ccc(-c2nc3cccc(Cl)c3o2)cc1. The fourth-order valence-corrected chi connectivity index (χ4v) is 1.94. The molecule has 0 atom stereocenters. The van der Waals surface area contributed by atoms with E-state index in [0.29, 0.717) is 16.5 Å². The third-order valence-corrected chi connectivity index (χ3v) is 2.96. The van der Waals surface area contributed by atoms with Gasteiger partial charge in [-0.25, -0.2) is 4.98 Å². The molecule has 0 aliphatic carbocycles. The van der Waals surface area contributed by atoms with Gasteiger partial charge in [0.1, 0.15) is 5.52 Å². The quantitative estimate of drug-likeness (QED) is 0.631. The number of aryl methyl sites for hydroxylation is 1. The highest BCUT2D eigenvalue weighted by Crippen LogP contribution is 2.28. The van der Waals surface area contributed by atoms with Gasteiger partial charge in [0.15, 0.2) is 5.58 Å². The number of nitrogens with zero attached hydrogens (tertiary/aromatic N) is 1. The molecule has 0 bridgehead atoms. The molecule has 17 heavy (non-hydrogen) atoms. The smallest absolute Gasteiger partial charge is 0.227 e. The van der Waals surface area contributed by atoms with Crippen LogP contribution in [0.15, 0.2) is 46.9 Å². The third kappa shape index (κ3) is 1.81. The summed E-state index contributed by atoms with van der Waals surface area (Å²) < 4.78 is 5.68. The van der Waals surface area contributed by atoms with Gasteiger partial charge in [0.2, 0.25) is 5.89 Å². The molecule has 0 aliphatic heterocycles. The van der Waals surface area contributed by atoms with E-state index < -0.39 is 0 Å². The minimum Gasteiger partial charge on any atom is -0.435 e. The summed E-state index contributed by atoms with van der Waals surface area (Å²) in [5, 5.41) is 0.591. The Bertz CT molecular complexity index is 670. The molecule has 2 nitrogen and oxygen atoms in total. The van der Waals surface area contributed by atoms with E-state index in [1.165, 1.54) is 5.56 Å². The number of benzene rings is 2. The molecular formula is C14H10ClNO. The molecule has 0 unspecified atom stereocenters. The average molecular weight is 244 g/mol. The molecule has 3 rings (SSSR count). The van der Waals surface area contributed by atoms with E-state index in [0.717, 1.165) is 11.1 Å². The van der Waals surface area contributed by atoms with Crippen LogP contribution in [0.25, 0.3) is 22.6 Å². The van der Waals surface area contributed by atoms with Gasteiger partial charge < -0.3 is 4.42 Å². The van der Waals surface area contributed by atoms with Gasteiger partial charge in [-0.05, 0) is 31.2 Å². The first kappa shape index (κ1) is 10.4. The zero-order valence-corrected chi connectivity index (χ0v) is 10.0. The number of fused-ring (bicyclic) bond motifs is 1. The Morgan fingerprint density at radius 3 is 2.53 bits per heavy atom. The first-order valence-electron chi connectivity index (χ1n) is 5.36. The van der Waals surface area contributed by atoms with Crippen molar-refractivity contribution < 1.29 is 4.42 Å². The standard InChI is InChI=1S/C14H10ClNO/c1-9-5-7-10(8-6-9)14-16-12-4-2-3-11(15)13(12)17-14/h2-8H,1H3. The maximum absolute atomic E-state index is 6.05. The number of halogens is 1. The van der Waals surface area contributed by atoms with E-state index in [2.05, 4.69) is 4.98 Å². The molecule has 2 aromatic carbocycles. The second-order valence-electron chi connectivity index (χ2n) is 3.97. The normalized spacial score (nSPS) is 10.9. The Kier molecular flexibility index (Phi) is 2.37. The number of aromatic nitrogens is 1. The van der Waals surface area contributed by atoms with E-state index in [1.54, 1.807) is 6.07 Å². The highest BCUT2D eigenvalue weighted by Gasteiger charge is 2.09. The maximum atomic E-state index is 6.05. The highest BCUT2D eigenvalue weighted by atomic mass is 35.5. The van der Waals surface area contributed by atoms with Crippen molar-refractivity contribution in [2.24, 2.45) is 0 Å². The topological polar surface area (TPSA) is 26.0 Å². The molecule has 0 amide bonds. The fourth-order valence-electron chi connectivity index (χ4n) is 1.74. The van der Waals surface area contributed by atoms with Crippen molar-refractivity contribution in [3.05, 3.63) is 53.1 Å². The summed E-state index contributed by atoms with van der Waals surface area (Å²) in [6, 6.07) is 13.6. The van der Waals surface area contributed by atoms with Crippen LogP contribution in [0.2, 0.25) is 5.02 Å². The summed E-state index contributed by atoms with van der Waals surface area (Å²) in [4.78, 5) is 4.42. The van der Waals surface area contributed by atoms with Crippen molar-refractivity contribution in [2.75, 3.05) is 0 Å². The van der Waals surface area contributed by atoms with Crippen LogP contribution in [0.3, 0.4) is 0 Å². The van der Waals surface area contributed by atoms with Crippen LogP contribution in [0.4, 0.5) is 0 Å². The summed E-state index contributed by atoms with van der Waals surface area (Å²) in [5.74, 6) is 0.605. The van der Waals surface area contributed by atoms with Crippen molar-refractivity contribution in [3.63, 3.8) is 0 Å². The Morgan fingerprint density at radius 1 is 1.06 bits per heavy atom. The lowest BCUT2D eigenvalue weighted by atomic mass is 10.1. The van der Waals surface area contributed by atoms with Gasteiger partial charge in [0.05, 0.1) is 5.02 Å². The predicted molar refractivity (Wildman–Crippen MR) is 69.2 cm³/mol. The summed E-state index contributed by atoms with van der Waals surface area (Å²) in [6.07, 6.45) is 0. The number of oxazole rings is 1. The van der Waals surface area contributed by atoms with Crippen LogP contribution in [0.5, 0.6) is 0 Å². The van der Waals surface area contributed by atoms with Crippen LogP contribution in [0, 0.1) is 6.92 Å². The second kappa shape index (κ2) is 3.90. The zero-order chi connectivity index (χ0) is 11.8. The van der Waals surface area contributed by atoms with Crippen molar-refractivity contribution in [2.45, 2.75) is 6.92 Å². The third-order valence-electron chi connectivity index (χ3n) is 2.67. The largest absolute Gasteiger partial charge is 0.435 e. The van der Waals surface area contributed by atoms with Gasteiger partial charge in [-0.2, -0.15) is 0 Å². The maximum Gasteiger partial charge on any atom is 0.227 e. The zero-order valence-electron chi connectivity index (χ0n) is 9.27. The molecule has 1 aromatic heterocycles. The molecule has 3 heteroatoms. The van der Waals surface area contributed by atoms with Gasteiger partial charge in [0.25, 0.3) is 0 Å². The van der Waals surface area contributed by atoms with Crippen molar-refractivity contribution >= 4 is 22.7 Å². The lowest BCUT2D eigenvalue weighted by Crippen LogP contribution is -1.77. The summed E-state index contributed by atoms with van der Waals surface area (Å²) >= 11 is 6.05. The Labute approximate surface area is 104 Å². The molecule has 0 radical (unpaired) electrons. The number of para-hydroxylation sites is 1. The second-order valence-corrected chi connectivity index (χ2v) is 4.38. The van der Waals surface area contributed by atoms with Crippen LogP contribution < -0.4 is 0 Å². The lowest BCUT2D eigenvalue weighted by molar-refractivity contribution is 0.620. The minimum atomic E-state index is 0.591. The molecule has 0 N–H and O–H groups in total. The number of rotatable bonds is 1. The summed E-state index contributed by atoms with van der Waals surface area (Å²) in [6.45, 7) is 2.05. The van der Waals surface area contributed by atoms with E-state index >= 15 is 0 Å². The molecule has 1 heterocycles. The Hall–Kier alpha value is -1.80. The summed E-state index contributed by atoms with van der Waals surface area (Å²) in [7, 11) is 0. The predicted octanol–water partition coefficient (Wildman–Crippen LogP) is 4.46. The number of hydrogen-bond acceptors (Lipinski definition) is 2. The van der Waals surface area contributed by atoms with E-state index in [1.807, 2.05) is 43.3 Å². The van der Waals surface area contributed by atoms with E-state index in [4.69, 9.17) is 16.0 Å². The Morgan fingerprint density at radius 2 is 1.82 bits per heavy atom. The van der Waals surface area contributed by atoms with Crippen LogP contribution in [0.1, 0.15) is 5.56 Å². The summed E-state index contributed by atoms with van der Waals surface area (Å²) in [5.41, 5.74) is 3.60. The van der Waals surface area contributed by atoms with Crippen LogP contribution in [-0.4, -0.2) is 4.98 Å². The van der Waals surface area contributed by atoms with Gasteiger partial charge in [-0.3, -0.25) is 0 Å². The van der Waals surface area contributed by atoms with Crippen molar-refractivity contribution in [1.29, 1.82) is 0 Å². The fraction of sp³-hybridized carbons (Fsp3) is 0.0714. The molecule has 84 valence electrons. The monoisotopic (exact) mass is 243 g/mol. The Balaban J connectivity index is 2.18. The molecule has 0 aliphatic rings. The average Bonchev–Trinajstić information content (AvgIpc) is 2.75. The van der Waals surface area contributed by atoms with Gasteiger partial charge in [-0.1, -0.05) is 35.4 Å². The molecule has 3 aromatic rings. The number of hydrogen-bond donors (Lipinski definition) is 0.